The molecule has 33 heavy (non-hydrogen) atoms. The van der Waals surface area contributed by atoms with Gasteiger partial charge in [0.2, 0.25) is 0 Å². The van der Waals surface area contributed by atoms with Gasteiger partial charge in [0, 0.05) is 17.5 Å². The van der Waals surface area contributed by atoms with E-state index in [2.05, 4.69) is 19.2 Å². The van der Waals surface area contributed by atoms with Crippen LogP contribution in [-0.2, 0) is 24.1 Å². The number of hydrogen-bond acceptors (Lipinski definition) is 4. The van der Waals surface area contributed by atoms with Crippen LogP contribution in [0.4, 0.5) is 5.69 Å². The van der Waals surface area contributed by atoms with Gasteiger partial charge in [-0.3, -0.25) is 9.78 Å². The molecule has 0 saturated carbocycles. The second-order valence-electron chi connectivity index (χ2n) is 8.40. The third kappa shape index (κ3) is 6.02. The summed E-state index contributed by atoms with van der Waals surface area (Å²) in [4.78, 5) is 19.0. The quantitative estimate of drug-likeness (QED) is 0.470. The SMILES string of the molecule is CCCc1nc2ccccc2c(NC(=O)C[NH+](C)CCc2ccc(OC)c(OC)c2)c1CC. The monoisotopic (exact) mass is 450 g/mol. The first-order chi connectivity index (χ1) is 16.0. The van der Waals surface area contributed by atoms with Crippen LogP contribution in [0.3, 0.4) is 0 Å². The van der Waals surface area contributed by atoms with E-state index in [4.69, 9.17) is 14.5 Å². The average Bonchev–Trinajstić information content (AvgIpc) is 2.82. The maximum Gasteiger partial charge on any atom is 0.279 e. The maximum absolute atomic E-state index is 13.0. The Morgan fingerprint density at radius 2 is 1.79 bits per heavy atom. The molecule has 0 radical (unpaired) electrons. The molecule has 1 aromatic heterocycles. The number of fused-ring (bicyclic) bond motifs is 1. The first-order valence-corrected chi connectivity index (χ1v) is 11.7. The Morgan fingerprint density at radius 1 is 1.03 bits per heavy atom. The molecule has 1 amide bonds. The number of amides is 1. The van der Waals surface area contributed by atoms with Gasteiger partial charge in [-0.25, -0.2) is 0 Å². The highest BCUT2D eigenvalue weighted by Gasteiger charge is 2.18. The Hall–Kier alpha value is -3.12. The fourth-order valence-electron chi connectivity index (χ4n) is 4.21. The Morgan fingerprint density at radius 3 is 2.48 bits per heavy atom. The van der Waals surface area contributed by atoms with Crippen LogP contribution in [0.15, 0.2) is 42.5 Å². The molecule has 1 unspecified atom stereocenters. The van der Waals surface area contributed by atoms with Gasteiger partial charge in [0.15, 0.2) is 18.0 Å². The van der Waals surface area contributed by atoms with Gasteiger partial charge in [0.05, 0.1) is 39.0 Å². The molecule has 2 aromatic carbocycles. The summed E-state index contributed by atoms with van der Waals surface area (Å²) in [5.74, 6) is 1.47. The molecule has 0 aliphatic carbocycles. The number of hydrogen-bond donors (Lipinski definition) is 2. The van der Waals surface area contributed by atoms with Crippen LogP contribution in [0, 0.1) is 0 Å². The van der Waals surface area contributed by atoms with Crippen molar-refractivity contribution in [3.05, 3.63) is 59.3 Å². The predicted octanol–water partition coefficient (Wildman–Crippen LogP) is 3.46. The summed E-state index contributed by atoms with van der Waals surface area (Å²) in [5, 5.41) is 4.23. The zero-order valence-corrected chi connectivity index (χ0v) is 20.5. The van der Waals surface area contributed by atoms with E-state index >= 15 is 0 Å². The van der Waals surface area contributed by atoms with Crippen molar-refractivity contribution < 1.29 is 19.2 Å². The fraction of sp³-hybridized carbons (Fsp3) is 0.407. The largest absolute Gasteiger partial charge is 0.493 e. The van der Waals surface area contributed by atoms with Crippen LogP contribution in [-0.4, -0.2) is 45.2 Å². The molecule has 1 atom stereocenters. The zero-order chi connectivity index (χ0) is 23.8. The van der Waals surface area contributed by atoms with E-state index in [-0.39, 0.29) is 5.91 Å². The molecule has 0 aliphatic heterocycles. The van der Waals surface area contributed by atoms with Crippen molar-refractivity contribution in [3.63, 3.8) is 0 Å². The van der Waals surface area contributed by atoms with E-state index in [9.17, 15) is 4.79 Å². The molecule has 3 aromatic rings. The average molecular weight is 451 g/mol. The third-order valence-corrected chi connectivity index (χ3v) is 5.93. The molecule has 176 valence electrons. The van der Waals surface area contributed by atoms with Crippen molar-refractivity contribution in [2.45, 2.75) is 39.5 Å². The number of methoxy groups -OCH3 is 2. The summed E-state index contributed by atoms with van der Waals surface area (Å²) >= 11 is 0. The maximum atomic E-state index is 13.0. The Balaban J connectivity index is 1.70. The van der Waals surface area contributed by atoms with E-state index in [0.29, 0.717) is 6.54 Å². The number of rotatable bonds is 11. The number of likely N-dealkylation sites (N-methyl/N-ethyl adjacent to an activating group) is 1. The summed E-state index contributed by atoms with van der Waals surface area (Å²) in [5.41, 5.74) is 5.24. The van der Waals surface area contributed by atoms with Crippen molar-refractivity contribution in [1.29, 1.82) is 0 Å². The fourth-order valence-corrected chi connectivity index (χ4v) is 4.21. The molecule has 0 bridgehead atoms. The first kappa shape index (κ1) is 24.5. The standard InChI is InChI=1S/C27H35N3O3/c1-6-10-22-20(7-2)27(21-11-8-9-12-23(21)28-22)29-26(31)18-30(3)16-15-19-13-14-24(32-4)25(17-19)33-5/h8-9,11-14,17H,6-7,10,15-16,18H2,1-5H3,(H,28,29,31)/p+1. The highest BCUT2D eigenvalue weighted by atomic mass is 16.5. The molecule has 0 aliphatic rings. The number of para-hydroxylation sites is 1. The number of aryl methyl sites for hydroxylation is 1. The van der Waals surface area contributed by atoms with Crippen LogP contribution >= 0.6 is 0 Å². The van der Waals surface area contributed by atoms with Gasteiger partial charge >= 0.3 is 0 Å². The summed E-state index contributed by atoms with van der Waals surface area (Å²) in [6.07, 6.45) is 3.62. The summed E-state index contributed by atoms with van der Waals surface area (Å²) in [6, 6.07) is 14.0. The summed E-state index contributed by atoms with van der Waals surface area (Å²) < 4.78 is 10.7. The van der Waals surface area contributed by atoms with Crippen molar-refractivity contribution in [1.82, 2.24) is 4.98 Å². The van der Waals surface area contributed by atoms with Gasteiger partial charge in [-0.15, -0.1) is 0 Å². The molecule has 1 heterocycles. The van der Waals surface area contributed by atoms with Crippen molar-refractivity contribution in [2.75, 3.05) is 39.7 Å². The van der Waals surface area contributed by atoms with E-state index in [1.54, 1.807) is 14.2 Å². The molecule has 0 fully saturated rings. The van der Waals surface area contributed by atoms with Crippen molar-refractivity contribution >= 4 is 22.5 Å². The highest BCUT2D eigenvalue weighted by molar-refractivity contribution is 6.02. The van der Waals surface area contributed by atoms with E-state index in [0.717, 1.165) is 82.0 Å². The van der Waals surface area contributed by atoms with Gasteiger partial charge in [-0.05, 0) is 42.2 Å². The first-order valence-electron chi connectivity index (χ1n) is 11.7. The van der Waals surface area contributed by atoms with E-state index in [1.165, 1.54) is 0 Å². The number of aromatic nitrogens is 1. The van der Waals surface area contributed by atoms with Crippen LogP contribution in [0.25, 0.3) is 10.9 Å². The lowest BCUT2D eigenvalue weighted by Crippen LogP contribution is -3.10. The molecule has 3 rings (SSSR count). The van der Waals surface area contributed by atoms with E-state index < -0.39 is 0 Å². The lowest BCUT2D eigenvalue weighted by molar-refractivity contribution is -0.870. The number of carbonyl (C=O) groups excluding carboxylic acids is 1. The Labute approximate surface area is 196 Å². The van der Waals surface area contributed by atoms with Crippen molar-refractivity contribution in [3.8, 4) is 11.5 Å². The van der Waals surface area contributed by atoms with Gasteiger partial charge in [-0.2, -0.15) is 0 Å². The minimum atomic E-state index is 0.0216. The topological polar surface area (TPSA) is 64.9 Å². The van der Waals surface area contributed by atoms with Crippen LogP contribution in [0.5, 0.6) is 11.5 Å². The number of benzene rings is 2. The van der Waals surface area contributed by atoms with Gasteiger partial charge in [0.25, 0.3) is 5.91 Å². The number of anilines is 1. The van der Waals surface area contributed by atoms with Crippen LogP contribution in [0.1, 0.15) is 37.1 Å². The lowest BCUT2D eigenvalue weighted by atomic mass is 10.0. The Bertz CT molecular complexity index is 1100. The molecule has 6 nitrogen and oxygen atoms in total. The second-order valence-corrected chi connectivity index (χ2v) is 8.40. The van der Waals surface area contributed by atoms with Gasteiger partial charge < -0.3 is 19.7 Å². The van der Waals surface area contributed by atoms with Crippen molar-refractivity contribution in [2.24, 2.45) is 0 Å². The zero-order valence-electron chi connectivity index (χ0n) is 20.5. The highest BCUT2D eigenvalue weighted by Crippen LogP contribution is 2.30. The second kappa shape index (κ2) is 11.7. The molecular weight excluding hydrogens is 414 g/mol. The summed E-state index contributed by atoms with van der Waals surface area (Å²) in [6.45, 7) is 5.52. The number of nitrogens with one attached hydrogen (secondary N) is 2. The van der Waals surface area contributed by atoms with Crippen LogP contribution in [0.2, 0.25) is 0 Å². The third-order valence-electron chi connectivity index (χ3n) is 5.93. The predicted molar refractivity (Wildman–Crippen MR) is 134 cm³/mol. The number of ether oxygens (including phenoxy) is 2. The number of pyridine rings is 1. The number of quaternary nitrogens is 1. The molecule has 0 spiro atoms. The Kier molecular flexibility index (Phi) is 8.66. The van der Waals surface area contributed by atoms with E-state index in [1.807, 2.05) is 49.5 Å². The molecular formula is C27H36N3O3+. The minimum absolute atomic E-state index is 0.0216. The van der Waals surface area contributed by atoms with Crippen LogP contribution < -0.4 is 19.7 Å². The van der Waals surface area contributed by atoms with Gasteiger partial charge in [0.1, 0.15) is 0 Å². The normalized spacial score (nSPS) is 11.9. The van der Waals surface area contributed by atoms with Gasteiger partial charge in [-0.1, -0.05) is 44.5 Å². The lowest BCUT2D eigenvalue weighted by Gasteiger charge is -2.18. The number of nitrogens with zero attached hydrogens (tertiary/aromatic N) is 1. The smallest absolute Gasteiger partial charge is 0.279 e. The molecule has 0 saturated heterocycles. The molecule has 6 heteroatoms. The minimum Gasteiger partial charge on any atom is -0.493 e. The summed E-state index contributed by atoms with van der Waals surface area (Å²) in [7, 11) is 5.33. The molecule has 2 N–H and O–H groups in total. The number of carbonyl (C=O) groups is 1.